The molecule has 1 saturated heterocycles. The van der Waals surface area contributed by atoms with Crippen LogP contribution in [0.15, 0.2) is 47.4 Å². The van der Waals surface area contributed by atoms with Gasteiger partial charge in [0.2, 0.25) is 5.89 Å². The second kappa shape index (κ2) is 7.38. The van der Waals surface area contributed by atoms with Crippen molar-refractivity contribution in [3.05, 3.63) is 54.4 Å². The number of nitrogens with zero attached hydrogens (tertiary/aromatic N) is 4. The first-order valence-electron chi connectivity index (χ1n) is 9.27. The third kappa shape index (κ3) is 3.53. The molecule has 0 saturated carbocycles. The molecule has 134 valence electrons. The maximum absolute atomic E-state index is 5.93. The number of aryl methyl sites for hydroxylation is 1. The number of hydrogen-bond donors (Lipinski definition) is 0. The van der Waals surface area contributed by atoms with Crippen LogP contribution in [0.4, 0.5) is 0 Å². The molecule has 0 aliphatic carbocycles. The quantitative estimate of drug-likeness (QED) is 0.694. The Morgan fingerprint density at radius 2 is 1.81 bits per heavy atom. The van der Waals surface area contributed by atoms with Crippen molar-refractivity contribution in [2.75, 3.05) is 13.1 Å². The lowest BCUT2D eigenvalue weighted by molar-refractivity contribution is 0.271. The van der Waals surface area contributed by atoms with Crippen LogP contribution in [0.2, 0.25) is 0 Å². The van der Waals surface area contributed by atoms with Gasteiger partial charge in [-0.15, -0.1) is 0 Å². The summed E-state index contributed by atoms with van der Waals surface area (Å²) in [6, 6.07) is 8.88. The van der Waals surface area contributed by atoms with Crippen molar-refractivity contribution in [3.8, 4) is 22.6 Å². The van der Waals surface area contributed by atoms with E-state index in [4.69, 9.17) is 9.40 Å². The van der Waals surface area contributed by atoms with E-state index in [9.17, 15) is 0 Å². The van der Waals surface area contributed by atoms with Gasteiger partial charge in [0.1, 0.15) is 12.1 Å². The third-order valence-corrected chi connectivity index (χ3v) is 5.24. The molecule has 1 aliphatic heterocycles. The molecule has 1 fully saturated rings. The molecule has 1 atom stereocenters. The van der Waals surface area contributed by atoms with Crippen LogP contribution in [-0.2, 0) is 6.42 Å². The first-order valence-corrected chi connectivity index (χ1v) is 9.27. The Kier molecular flexibility index (Phi) is 4.80. The van der Waals surface area contributed by atoms with E-state index >= 15 is 0 Å². The minimum Gasteiger partial charge on any atom is -0.441 e. The highest BCUT2D eigenvalue weighted by Crippen LogP contribution is 2.26. The fourth-order valence-electron chi connectivity index (χ4n) is 3.61. The summed E-state index contributed by atoms with van der Waals surface area (Å²) in [4.78, 5) is 15.4. The molecule has 1 aromatic carbocycles. The van der Waals surface area contributed by atoms with Crippen molar-refractivity contribution in [1.82, 2.24) is 19.9 Å². The van der Waals surface area contributed by atoms with Gasteiger partial charge in [-0.25, -0.2) is 15.0 Å². The predicted octanol–water partition coefficient (Wildman–Crippen LogP) is 4.13. The van der Waals surface area contributed by atoms with Crippen LogP contribution < -0.4 is 0 Å². The second-order valence-corrected chi connectivity index (χ2v) is 7.00. The fourth-order valence-corrected chi connectivity index (χ4v) is 3.61. The Morgan fingerprint density at radius 3 is 2.50 bits per heavy atom. The lowest BCUT2D eigenvalue weighted by atomic mass is 10.1. The van der Waals surface area contributed by atoms with Crippen molar-refractivity contribution in [3.63, 3.8) is 0 Å². The molecule has 3 heterocycles. The Labute approximate surface area is 154 Å². The molecule has 4 rings (SSSR count). The highest BCUT2D eigenvalue weighted by Gasteiger charge is 2.21. The van der Waals surface area contributed by atoms with E-state index in [2.05, 4.69) is 33.9 Å². The maximum atomic E-state index is 5.93. The van der Waals surface area contributed by atoms with Crippen LogP contribution in [0.5, 0.6) is 0 Å². The first kappa shape index (κ1) is 16.9. The molecule has 0 amide bonds. The largest absolute Gasteiger partial charge is 0.441 e. The first-order chi connectivity index (χ1) is 12.7. The van der Waals surface area contributed by atoms with Gasteiger partial charge in [0, 0.05) is 42.5 Å². The average molecular weight is 348 g/mol. The Morgan fingerprint density at radius 1 is 1.08 bits per heavy atom. The Balaban J connectivity index is 1.48. The topological polar surface area (TPSA) is 55.1 Å². The molecule has 0 radical (unpaired) electrons. The fraction of sp³-hybridized carbons (Fsp3) is 0.381. The SMILES string of the molecule is Cc1oc(-c2ccc(-c3cncnc3)cc2)nc1CCN1CCCC1C. The summed E-state index contributed by atoms with van der Waals surface area (Å²) >= 11 is 0. The molecular weight excluding hydrogens is 324 g/mol. The summed E-state index contributed by atoms with van der Waals surface area (Å²) in [7, 11) is 0. The molecule has 3 aromatic rings. The van der Waals surface area contributed by atoms with E-state index in [1.165, 1.54) is 25.7 Å². The molecule has 0 spiro atoms. The van der Waals surface area contributed by atoms with Crippen molar-refractivity contribution < 1.29 is 4.42 Å². The van der Waals surface area contributed by atoms with Crippen LogP contribution in [0.1, 0.15) is 31.2 Å². The molecule has 1 aliphatic rings. The normalized spacial score (nSPS) is 17.7. The second-order valence-electron chi connectivity index (χ2n) is 7.00. The number of aromatic nitrogens is 3. The minimum absolute atomic E-state index is 0.691. The summed E-state index contributed by atoms with van der Waals surface area (Å²) in [5.74, 6) is 1.62. The van der Waals surface area contributed by atoms with Crippen LogP contribution in [0.25, 0.3) is 22.6 Å². The van der Waals surface area contributed by atoms with Crippen molar-refractivity contribution in [2.45, 2.75) is 39.2 Å². The van der Waals surface area contributed by atoms with Gasteiger partial charge in [0.25, 0.3) is 0 Å². The highest BCUT2D eigenvalue weighted by molar-refractivity contribution is 5.66. The van der Waals surface area contributed by atoms with Gasteiger partial charge in [-0.05, 0) is 50.9 Å². The standard InChI is InChI=1S/C21H24N4O/c1-15-4-3-10-25(15)11-9-20-16(2)26-21(24-20)18-7-5-17(6-8-18)19-12-22-14-23-13-19/h5-8,12-15H,3-4,9-11H2,1-2H3. The number of benzene rings is 1. The van der Waals surface area contributed by atoms with E-state index < -0.39 is 0 Å². The highest BCUT2D eigenvalue weighted by atomic mass is 16.4. The monoisotopic (exact) mass is 348 g/mol. The molecule has 5 heteroatoms. The zero-order valence-electron chi connectivity index (χ0n) is 15.4. The van der Waals surface area contributed by atoms with Gasteiger partial charge in [-0.2, -0.15) is 0 Å². The molecule has 0 N–H and O–H groups in total. The average Bonchev–Trinajstić information content (AvgIpc) is 3.26. The van der Waals surface area contributed by atoms with Crippen molar-refractivity contribution >= 4 is 0 Å². The van der Waals surface area contributed by atoms with E-state index in [0.717, 1.165) is 41.1 Å². The van der Waals surface area contributed by atoms with Crippen LogP contribution in [-0.4, -0.2) is 39.0 Å². The summed E-state index contributed by atoms with van der Waals surface area (Å²) in [6.45, 7) is 6.58. The van der Waals surface area contributed by atoms with Crippen LogP contribution in [0.3, 0.4) is 0 Å². The predicted molar refractivity (Wildman–Crippen MR) is 102 cm³/mol. The van der Waals surface area contributed by atoms with Gasteiger partial charge in [-0.1, -0.05) is 12.1 Å². The zero-order chi connectivity index (χ0) is 17.9. The number of likely N-dealkylation sites (tertiary alicyclic amines) is 1. The lowest BCUT2D eigenvalue weighted by Crippen LogP contribution is -2.29. The van der Waals surface area contributed by atoms with Gasteiger partial charge in [-0.3, -0.25) is 0 Å². The van der Waals surface area contributed by atoms with Gasteiger partial charge in [0.15, 0.2) is 0 Å². The van der Waals surface area contributed by atoms with E-state index in [0.29, 0.717) is 11.9 Å². The molecule has 2 aromatic heterocycles. The molecule has 5 nitrogen and oxygen atoms in total. The van der Waals surface area contributed by atoms with Gasteiger partial charge >= 0.3 is 0 Å². The smallest absolute Gasteiger partial charge is 0.226 e. The summed E-state index contributed by atoms with van der Waals surface area (Å²) in [5.41, 5.74) is 4.15. The number of hydrogen-bond acceptors (Lipinski definition) is 5. The molecule has 26 heavy (non-hydrogen) atoms. The number of rotatable bonds is 5. The van der Waals surface area contributed by atoms with Crippen molar-refractivity contribution in [1.29, 1.82) is 0 Å². The molecular formula is C21H24N4O. The van der Waals surface area contributed by atoms with Gasteiger partial charge < -0.3 is 9.32 Å². The Bertz CT molecular complexity index is 857. The van der Waals surface area contributed by atoms with E-state index in [1.807, 2.05) is 31.5 Å². The van der Waals surface area contributed by atoms with E-state index in [1.54, 1.807) is 0 Å². The Hall–Kier alpha value is -2.53. The number of oxazole rings is 1. The van der Waals surface area contributed by atoms with Crippen LogP contribution in [0, 0.1) is 6.92 Å². The third-order valence-electron chi connectivity index (χ3n) is 5.24. The lowest BCUT2D eigenvalue weighted by Gasteiger charge is -2.20. The summed E-state index contributed by atoms with van der Waals surface area (Å²) < 4.78 is 5.93. The molecule has 0 bridgehead atoms. The zero-order valence-corrected chi connectivity index (χ0v) is 15.4. The summed E-state index contributed by atoms with van der Waals surface area (Å²) in [5, 5.41) is 0. The minimum atomic E-state index is 0.691. The van der Waals surface area contributed by atoms with Gasteiger partial charge in [0.05, 0.1) is 5.69 Å². The summed E-state index contributed by atoms with van der Waals surface area (Å²) in [6.07, 6.45) is 8.73. The molecule has 1 unspecified atom stereocenters. The van der Waals surface area contributed by atoms with E-state index in [-0.39, 0.29) is 0 Å². The van der Waals surface area contributed by atoms with Crippen LogP contribution >= 0.6 is 0 Å². The maximum Gasteiger partial charge on any atom is 0.226 e. The van der Waals surface area contributed by atoms with Crippen molar-refractivity contribution in [2.24, 2.45) is 0 Å².